The molecule has 2 aromatic rings. The molecule has 1 aliphatic heterocycles. The van der Waals surface area contributed by atoms with E-state index in [1.165, 1.54) is 5.56 Å². The number of benzene rings is 2. The van der Waals surface area contributed by atoms with Gasteiger partial charge < -0.3 is 4.74 Å². The molecular weight excluding hydrogens is 372 g/mol. The maximum atomic E-state index is 13.4. The molecule has 0 radical (unpaired) electrons. The number of hydrogen-bond acceptors (Lipinski definition) is 4. The summed E-state index contributed by atoms with van der Waals surface area (Å²) in [7, 11) is -1.82. The molecule has 0 amide bonds. The maximum Gasteiger partial charge on any atom is 0.243 e. The lowest BCUT2D eigenvalue weighted by Gasteiger charge is -2.34. The van der Waals surface area contributed by atoms with Crippen molar-refractivity contribution in [2.24, 2.45) is 0 Å². The molecule has 0 aliphatic carbocycles. The van der Waals surface area contributed by atoms with Gasteiger partial charge in [0.15, 0.2) is 0 Å². The van der Waals surface area contributed by atoms with Gasteiger partial charge >= 0.3 is 0 Å². The Balaban J connectivity index is 1.74. The van der Waals surface area contributed by atoms with E-state index in [1.54, 1.807) is 11.4 Å². The number of sulfonamides is 1. The molecule has 2 aromatic carbocycles. The predicted molar refractivity (Wildman–Crippen MR) is 112 cm³/mol. The second kappa shape index (κ2) is 8.23. The normalized spacial score (nSPS) is 16.3. The highest BCUT2D eigenvalue weighted by Crippen LogP contribution is 2.29. The number of nitrogens with zero attached hydrogens (tertiary/aromatic N) is 2. The Bertz CT molecular complexity index is 936. The Labute approximate surface area is 169 Å². The molecule has 1 heterocycles. The average Bonchev–Trinajstić information content (AvgIpc) is 2.67. The highest BCUT2D eigenvalue weighted by atomic mass is 32.2. The second-order valence-electron chi connectivity index (χ2n) is 7.62. The van der Waals surface area contributed by atoms with Gasteiger partial charge in [-0.05, 0) is 67.6 Å². The minimum absolute atomic E-state index is 0.492. The number of hydrogen-bond donors (Lipinski definition) is 0. The predicted octanol–water partition coefficient (Wildman–Crippen LogP) is 3.44. The molecule has 0 saturated carbocycles. The quantitative estimate of drug-likeness (QED) is 0.769. The zero-order valence-electron chi connectivity index (χ0n) is 17.4. The fourth-order valence-electron chi connectivity index (χ4n) is 3.85. The topological polar surface area (TPSA) is 49.9 Å². The fraction of sp³-hybridized carbons (Fsp3) is 0.455. The Morgan fingerprint density at radius 2 is 1.54 bits per heavy atom. The third-order valence-electron chi connectivity index (χ3n) is 5.77. The molecular formula is C22H30N2O3S. The Morgan fingerprint density at radius 1 is 0.929 bits per heavy atom. The number of rotatable bonds is 5. The van der Waals surface area contributed by atoms with Gasteiger partial charge in [0.05, 0.1) is 12.0 Å². The standard InChI is InChI=1S/C22H30N2O3S/c1-16-13-17(2)19(4)22(18(16)3)28(25,26)24-11-9-23(10-12-24)15-20-7-6-8-21(14-20)27-5/h6-8,13-14H,9-12,15H2,1-5H3. The van der Waals surface area contributed by atoms with Crippen LogP contribution in [0.5, 0.6) is 5.75 Å². The van der Waals surface area contributed by atoms with Crippen molar-refractivity contribution < 1.29 is 13.2 Å². The molecule has 0 atom stereocenters. The van der Waals surface area contributed by atoms with Crippen LogP contribution in [-0.2, 0) is 16.6 Å². The van der Waals surface area contributed by atoms with E-state index in [4.69, 9.17) is 4.74 Å². The zero-order chi connectivity index (χ0) is 20.5. The largest absolute Gasteiger partial charge is 0.497 e. The van der Waals surface area contributed by atoms with E-state index in [0.717, 1.165) is 47.6 Å². The summed E-state index contributed by atoms with van der Waals surface area (Å²) in [5, 5.41) is 0. The third-order valence-corrected chi connectivity index (χ3v) is 7.94. The second-order valence-corrected chi connectivity index (χ2v) is 9.50. The first-order valence-electron chi connectivity index (χ1n) is 9.67. The van der Waals surface area contributed by atoms with Crippen LogP contribution < -0.4 is 4.74 Å². The fourth-order valence-corrected chi connectivity index (χ4v) is 5.85. The molecule has 6 heteroatoms. The summed E-state index contributed by atoms with van der Waals surface area (Å²) in [5.41, 5.74) is 4.96. The maximum absolute atomic E-state index is 13.4. The van der Waals surface area contributed by atoms with E-state index in [1.807, 2.05) is 45.9 Å². The Hall–Kier alpha value is -1.89. The minimum Gasteiger partial charge on any atom is -0.497 e. The van der Waals surface area contributed by atoms with E-state index in [0.29, 0.717) is 18.0 Å². The zero-order valence-corrected chi connectivity index (χ0v) is 18.3. The highest BCUT2D eigenvalue weighted by molar-refractivity contribution is 7.89. The van der Waals surface area contributed by atoms with E-state index < -0.39 is 10.0 Å². The van der Waals surface area contributed by atoms with Crippen LogP contribution in [0.15, 0.2) is 35.2 Å². The number of methoxy groups -OCH3 is 1. The molecule has 0 unspecified atom stereocenters. The van der Waals surface area contributed by atoms with E-state index in [-0.39, 0.29) is 0 Å². The third kappa shape index (κ3) is 4.09. The molecule has 1 fully saturated rings. The molecule has 1 aliphatic rings. The minimum atomic E-state index is -3.49. The average molecular weight is 403 g/mol. The molecule has 0 N–H and O–H groups in total. The SMILES string of the molecule is COc1cccc(CN2CCN(S(=O)(=O)c3c(C)c(C)cc(C)c3C)CC2)c1. The van der Waals surface area contributed by atoms with Gasteiger partial charge in [0.2, 0.25) is 10.0 Å². The first-order valence-corrected chi connectivity index (χ1v) is 11.1. The van der Waals surface area contributed by atoms with Gasteiger partial charge in [-0.1, -0.05) is 18.2 Å². The molecule has 0 aromatic heterocycles. The highest BCUT2D eigenvalue weighted by Gasteiger charge is 2.31. The number of piperazine rings is 1. The van der Waals surface area contributed by atoms with Crippen molar-refractivity contribution in [3.05, 3.63) is 58.1 Å². The van der Waals surface area contributed by atoms with Crippen molar-refractivity contribution in [2.45, 2.75) is 39.1 Å². The first kappa shape index (κ1) is 20.8. The van der Waals surface area contributed by atoms with Gasteiger partial charge in [-0.2, -0.15) is 4.31 Å². The van der Waals surface area contributed by atoms with Gasteiger partial charge in [0, 0.05) is 32.7 Å². The summed E-state index contributed by atoms with van der Waals surface area (Å²) < 4.78 is 33.7. The Kier molecular flexibility index (Phi) is 6.12. The lowest BCUT2D eigenvalue weighted by Crippen LogP contribution is -2.48. The van der Waals surface area contributed by atoms with Gasteiger partial charge in [-0.15, -0.1) is 0 Å². The van der Waals surface area contributed by atoms with Gasteiger partial charge in [0.25, 0.3) is 0 Å². The van der Waals surface area contributed by atoms with Crippen molar-refractivity contribution >= 4 is 10.0 Å². The van der Waals surface area contributed by atoms with Gasteiger partial charge in [0.1, 0.15) is 5.75 Å². The molecule has 5 nitrogen and oxygen atoms in total. The summed E-state index contributed by atoms with van der Waals surface area (Å²) in [6.07, 6.45) is 0. The first-order chi connectivity index (χ1) is 13.2. The molecule has 1 saturated heterocycles. The van der Waals surface area contributed by atoms with Crippen molar-refractivity contribution in [3.63, 3.8) is 0 Å². The van der Waals surface area contributed by atoms with E-state index >= 15 is 0 Å². The van der Waals surface area contributed by atoms with Gasteiger partial charge in [-0.25, -0.2) is 8.42 Å². The summed E-state index contributed by atoms with van der Waals surface area (Å²) >= 11 is 0. The van der Waals surface area contributed by atoms with Crippen LogP contribution in [0, 0.1) is 27.7 Å². The van der Waals surface area contributed by atoms with Crippen molar-refractivity contribution in [1.82, 2.24) is 9.21 Å². The van der Waals surface area contributed by atoms with Crippen molar-refractivity contribution in [1.29, 1.82) is 0 Å². The van der Waals surface area contributed by atoms with Gasteiger partial charge in [-0.3, -0.25) is 4.90 Å². The van der Waals surface area contributed by atoms with Crippen LogP contribution in [0.3, 0.4) is 0 Å². The summed E-state index contributed by atoms with van der Waals surface area (Å²) in [6, 6.07) is 10.1. The molecule has 0 bridgehead atoms. The van der Waals surface area contributed by atoms with Crippen LogP contribution in [0.1, 0.15) is 27.8 Å². The van der Waals surface area contributed by atoms with E-state index in [2.05, 4.69) is 17.0 Å². The van der Waals surface area contributed by atoms with Crippen LogP contribution in [0.25, 0.3) is 0 Å². The number of aryl methyl sites for hydroxylation is 2. The summed E-state index contributed by atoms with van der Waals surface area (Å²) in [4.78, 5) is 2.79. The lowest BCUT2D eigenvalue weighted by molar-refractivity contribution is 0.181. The summed E-state index contributed by atoms with van der Waals surface area (Å²) in [5.74, 6) is 0.847. The smallest absolute Gasteiger partial charge is 0.243 e. The van der Waals surface area contributed by atoms with Crippen LogP contribution in [-0.4, -0.2) is 50.9 Å². The van der Waals surface area contributed by atoms with E-state index in [9.17, 15) is 8.42 Å². The molecule has 152 valence electrons. The molecule has 28 heavy (non-hydrogen) atoms. The molecule has 0 spiro atoms. The monoisotopic (exact) mass is 402 g/mol. The van der Waals surface area contributed by atoms with Crippen LogP contribution in [0.4, 0.5) is 0 Å². The van der Waals surface area contributed by atoms with Crippen LogP contribution >= 0.6 is 0 Å². The molecule has 3 rings (SSSR count). The van der Waals surface area contributed by atoms with Crippen LogP contribution in [0.2, 0.25) is 0 Å². The summed E-state index contributed by atoms with van der Waals surface area (Å²) in [6.45, 7) is 11.0. The lowest BCUT2D eigenvalue weighted by atomic mass is 10.0. The van der Waals surface area contributed by atoms with Crippen molar-refractivity contribution in [3.8, 4) is 5.75 Å². The Morgan fingerprint density at radius 3 is 2.11 bits per heavy atom. The van der Waals surface area contributed by atoms with Crippen molar-refractivity contribution in [2.75, 3.05) is 33.3 Å². The number of ether oxygens (including phenoxy) is 1.